The molecule has 0 aliphatic carbocycles. The van der Waals surface area contributed by atoms with Gasteiger partial charge in [0.25, 0.3) is 0 Å². The minimum Gasteiger partial charge on any atom is -0.322 e. The summed E-state index contributed by atoms with van der Waals surface area (Å²) in [5.74, 6) is -0.239. The third-order valence-electron chi connectivity index (χ3n) is 2.24. The minimum absolute atomic E-state index is 0.158. The molecule has 0 fully saturated rings. The lowest BCUT2D eigenvalue weighted by molar-refractivity contribution is 0.619. The molecule has 0 atom stereocenters. The second-order valence-corrected chi connectivity index (χ2v) is 3.39. The van der Waals surface area contributed by atoms with E-state index in [9.17, 15) is 9.18 Å². The Morgan fingerprint density at radius 3 is 2.67 bits per heavy atom. The monoisotopic (exact) mass is 203 g/mol. The van der Waals surface area contributed by atoms with Crippen LogP contribution in [0, 0.1) is 12.7 Å². The van der Waals surface area contributed by atoms with Gasteiger partial charge in [0, 0.05) is 11.8 Å². The van der Waals surface area contributed by atoms with E-state index in [1.807, 2.05) is 0 Å². The lowest BCUT2D eigenvalue weighted by Crippen LogP contribution is -2.03. The van der Waals surface area contributed by atoms with Crippen molar-refractivity contribution in [3.63, 3.8) is 0 Å². The highest BCUT2D eigenvalue weighted by Gasteiger charge is 2.01. The number of pyridine rings is 1. The first-order chi connectivity index (χ1) is 7.16. The second kappa shape index (κ2) is 3.69. The van der Waals surface area contributed by atoms with Crippen LogP contribution in [0.3, 0.4) is 0 Å². The van der Waals surface area contributed by atoms with Crippen molar-refractivity contribution >= 4 is 0 Å². The number of hydrogen-bond acceptors (Lipinski definition) is 1. The molecule has 2 rings (SSSR count). The Bertz CT molecular complexity index is 545. The van der Waals surface area contributed by atoms with Gasteiger partial charge in [-0.3, -0.25) is 4.79 Å². The second-order valence-electron chi connectivity index (χ2n) is 3.39. The number of hydrogen-bond donors (Lipinski definition) is 1. The highest BCUT2D eigenvalue weighted by Crippen LogP contribution is 2.18. The maximum Gasteiger partial charge on any atom is 0.248 e. The number of nitrogens with one attached hydrogen (secondary N) is 1. The Kier molecular flexibility index (Phi) is 2.37. The molecule has 1 aromatic heterocycles. The van der Waals surface area contributed by atoms with E-state index in [4.69, 9.17) is 0 Å². The van der Waals surface area contributed by atoms with Gasteiger partial charge in [0.15, 0.2) is 0 Å². The summed E-state index contributed by atoms with van der Waals surface area (Å²) >= 11 is 0. The molecule has 2 nitrogen and oxygen atoms in total. The Hall–Kier alpha value is -1.90. The van der Waals surface area contributed by atoms with Gasteiger partial charge in [-0.15, -0.1) is 0 Å². The zero-order chi connectivity index (χ0) is 10.8. The van der Waals surface area contributed by atoms with Gasteiger partial charge in [0.05, 0.1) is 0 Å². The van der Waals surface area contributed by atoms with Gasteiger partial charge in [-0.05, 0) is 42.3 Å². The van der Waals surface area contributed by atoms with Gasteiger partial charge >= 0.3 is 0 Å². The molecule has 0 amide bonds. The number of aromatic nitrogens is 1. The molecule has 76 valence electrons. The predicted octanol–water partition coefficient (Wildman–Crippen LogP) is 2.49. The molecule has 3 heteroatoms. The van der Waals surface area contributed by atoms with Crippen LogP contribution in [0.15, 0.2) is 41.2 Å². The molecule has 1 aromatic carbocycles. The molecule has 0 radical (unpaired) electrons. The maximum atomic E-state index is 13.0. The summed E-state index contributed by atoms with van der Waals surface area (Å²) in [7, 11) is 0. The maximum absolute atomic E-state index is 13.0. The lowest BCUT2D eigenvalue weighted by atomic mass is 10.1. The number of aromatic amines is 1. The Labute approximate surface area is 86.4 Å². The van der Waals surface area contributed by atoms with Gasteiger partial charge in [-0.2, -0.15) is 0 Å². The van der Waals surface area contributed by atoms with Gasteiger partial charge in [0.1, 0.15) is 5.82 Å². The molecule has 0 aliphatic heterocycles. The highest BCUT2D eigenvalue weighted by molar-refractivity contribution is 5.59. The Morgan fingerprint density at radius 1 is 1.20 bits per heavy atom. The van der Waals surface area contributed by atoms with Crippen molar-refractivity contribution in [2.45, 2.75) is 6.92 Å². The number of halogens is 1. The predicted molar refractivity (Wildman–Crippen MR) is 57.2 cm³/mol. The van der Waals surface area contributed by atoms with E-state index in [-0.39, 0.29) is 11.4 Å². The van der Waals surface area contributed by atoms with Gasteiger partial charge in [0.2, 0.25) is 5.56 Å². The van der Waals surface area contributed by atoms with Crippen molar-refractivity contribution in [3.05, 3.63) is 58.1 Å². The summed E-state index contributed by atoms with van der Waals surface area (Å²) in [5.41, 5.74) is 1.92. The van der Waals surface area contributed by atoms with E-state index in [0.717, 1.165) is 5.56 Å². The number of benzene rings is 1. The van der Waals surface area contributed by atoms with Crippen molar-refractivity contribution in [1.82, 2.24) is 4.98 Å². The van der Waals surface area contributed by atoms with Crippen molar-refractivity contribution in [3.8, 4) is 11.3 Å². The van der Waals surface area contributed by atoms with Crippen molar-refractivity contribution < 1.29 is 4.39 Å². The van der Waals surface area contributed by atoms with Crippen LogP contribution in [0.5, 0.6) is 0 Å². The molecule has 15 heavy (non-hydrogen) atoms. The van der Waals surface area contributed by atoms with E-state index in [1.165, 1.54) is 12.1 Å². The van der Waals surface area contributed by atoms with E-state index < -0.39 is 0 Å². The van der Waals surface area contributed by atoms with Crippen LogP contribution < -0.4 is 5.56 Å². The topological polar surface area (TPSA) is 32.9 Å². The first-order valence-electron chi connectivity index (χ1n) is 4.63. The Morgan fingerprint density at radius 2 is 2.00 bits per heavy atom. The zero-order valence-electron chi connectivity index (χ0n) is 8.25. The van der Waals surface area contributed by atoms with Crippen molar-refractivity contribution in [2.24, 2.45) is 0 Å². The van der Waals surface area contributed by atoms with Crippen LogP contribution in [-0.2, 0) is 0 Å². The van der Waals surface area contributed by atoms with E-state index >= 15 is 0 Å². The van der Waals surface area contributed by atoms with Gasteiger partial charge < -0.3 is 4.98 Å². The molecule has 0 unspecified atom stereocenters. The zero-order valence-corrected chi connectivity index (χ0v) is 8.25. The molecule has 2 aromatic rings. The molecular formula is C12H10FNO. The SMILES string of the molecule is Cc1cc(-c2cccc(=O)[nH]2)ccc1F. The smallest absolute Gasteiger partial charge is 0.248 e. The standard InChI is InChI=1S/C12H10FNO/c1-8-7-9(5-6-10(8)13)11-3-2-4-12(15)14-11/h2-7H,1H3,(H,14,15). The molecule has 0 spiro atoms. The molecule has 0 saturated carbocycles. The van der Waals surface area contributed by atoms with Crippen molar-refractivity contribution in [2.75, 3.05) is 0 Å². The van der Waals surface area contributed by atoms with Crippen LogP contribution in [0.2, 0.25) is 0 Å². The van der Waals surface area contributed by atoms with Gasteiger partial charge in [-0.1, -0.05) is 6.07 Å². The van der Waals surface area contributed by atoms with Crippen molar-refractivity contribution in [1.29, 1.82) is 0 Å². The third kappa shape index (κ3) is 1.96. The third-order valence-corrected chi connectivity index (χ3v) is 2.24. The summed E-state index contributed by atoms with van der Waals surface area (Å²) in [5, 5.41) is 0. The molecule has 0 saturated heterocycles. The van der Waals surface area contributed by atoms with E-state index in [0.29, 0.717) is 11.3 Å². The fourth-order valence-corrected chi connectivity index (χ4v) is 1.43. The summed E-state index contributed by atoms with van der Waals surface area (Å²) < 4.78 is 13.0. The molecule has 1 heterocycles. The van der Waals surface area contributed by atoms with Crippen LogP contribution in [0.25, 0.3) is 11.3 Å². The summed E-state index contributed by atoms with van der Waals surface area (Å²) in [6.45, 7) is 1.69. The molecule has 0 bridgehead atoms. The van der Waals surface area contributed by atoms with Crippen LogP contribution in [0.1, 0.15) is 5.56 Å². The summed E-state index contributed by atoms with van der Waals surface area (Å²) in [6, 6.07) is 9.66. The van der Waals surface area contributed by atoms with E-state index in [2.05, 4.69) is 4.98 Å². The lowest BCUT2D eigenvalue weighted by Gasteiger charge is -2.03. The fraction of sp³-hybridized carbons (Fsp3) is 0.0833. The number of aryl methyl sites for hydroxylation is 1. The van der Waals surface area contributed by atoms with Crippen LogP contribution >= 0.6 is 0 Å². The van der Waals surface area contributed by atoms with E-state index in [1.54, 1.807) is 31.2 Å². The first kappa shape index (κ1) is 9.65. The molecular weight excluding hydrogens is 193 g/mol. The van der Waals surface area contributed by atoms with Crippen LogP contribution in [0.4, 0.5) is 4.39 Å². The van der Waals surface area contributed by atoms with Gasteiger partial charge in [-0.25, -0.2) is 4.39 Å². The molecule has 0 aliphatic rings. The minimum atomic E-state index is -0.239. The number of rotatable bonds is 1. The normalized spacial score (nSPS) is 10.3. The average molecular weight is 203 g/mol. The average Bonchev–Trinajstić information content (AvgIpc) is 2.22. The first-order valence-corrected chi connectivity index (χ1v) is 4.63. The Balaban J connectivity index is 2.55. The highest BCUT2D eigenvalue weighted by atomic mass is 19.1. The summed E-state index contributed by atoms with van der Waals surface area (Å²) in [4.78, 5) is 13.8. The summed E-state index contributed by atoms with van der Waals surface area (Å²) in [6.07, 6.45) is 0. The number of H-pyrrole nitrogens is 1. The fourth-order valence-electron chi connectivity index (χ4n) is 1.43. The molecule has 1 N–H and O–H groups in total. The largest absolute Gasteiger partial charge is 0.322 e. The van der Waals surface area contributed by atoms with Crippen LogP contribution in [-0.4, -0.2) is 4.98 Å². The quantitative estimate of drug-likeness (QED) is 0.758.